The first kappa shape index (κ1) is 12.5. The molecule has 0 saturated carbocycles. The zero-order valence-electron chi connectivity index (χ0n) is 10.9. The lowest BCUT2D eigenvalue weighted by atomic mass is 10.0. The predicted octanol–water partition coefficient (Wildman–Crippen LogP) is 0.376. The number of nitrogens with zero attached hydrogens (tertiary/aromatic N) is 2. The number of hydrogen-bond acceptors (Lipinski definition) is 5. The zero-order valence-corrected chi connectivity index (χ0v) is 10.9. The van der Waals surface area contributed by atoms with E-state index in [0.29, 0.717) is 22.6 Å². The normalized spacial score (nSPS) is 16.4. The molecule has 0 unspecified atom stereocenters. The molecule has 2 aliphatic rings. The van der Waals surface area contributed by atoms with Crippen LogP contribution in [0.5, 0.6) is 0 Å². The van der Waals surface area contributed by atoms with Crippen molar-refractivity contribution in [2.75, 3.05) is 18.0 Å². The molecule has 7 nitrogen and oxygen atoms in total. The molecule has 3 rings (SSSR count). The first-order valence-electron chi connectivity index (χ1n) is 6.16. The molecule has 20 heavy (non-hydrogen) atoms. The maximum Gasteiger partial charge on any atom is 0.404 e. The highest BCUT2D eigenvalue weighted by Crippen LogP contribution is 2.37. The third kappa shape index (κ3) is 1.78. The standard InChI is InChI=1S/C13H13N3O4/c1-15-7(6-20-13(14)19)11(16-4-5-16)10-8(17)2-3-9(18)12(10)15/h2-3H,4-6H2,1H3,(H2,14,19). The van der Waals surface area contributed by atoms with Crippen LogP contribution in [0, 0.1) is 0 Å². The van der Waals surface area contributed by atoms with Crippen LogP contribution in [0.4, 0.5) is 10.5 Å². The topological polar surface area (TPSA) is 94.4 Å². The van der Waals surface area contributed by atoms with Gasteiger partial charge in [0.05, 0.1) is 16.9 Å². The van der Waals surface area contributed by atoms with E-state index >= 15 is 0 Å². The Labute approximate surface area is 114 Å². The van der Waals surface area contributed by atoms with Gasteiger partial charge in [0.15, 0.2) is 5.78 Å². The van der Waals surface area contributed by atoms with Crippen molar-refractivity contribution in [2.24, 2.45) is 12.8 Å². The second-order valence-electron chi connectivity index (χ2n) is 4.73. The minimum Gasteiger partial charge on any atom is -0.443 e. The van der Waals surface area contributed by atoms with Crippen molar-refractivity contribution in [3.63, 3.8) is 0 Å². The van der Waals surface area contributed by atoms with Crippen LogP contribution < -0.4 is 10.6 Å². The highest BCUT2D eigenvalue weighted by molar-refractivity contribution is 6.24. The van der Waals surface area contributed by atoms with E-state index in [0.717, 1.165) is 13.1 Å². The Kier molecular flexibility index (Phi) is 2.63. The minimum atomic E-state index is -0.892. The van der Waals surface area contributed by atoms with Crippen molar-refractivity contribution in [3.8, 4) is 0 Å². The molecule has 1 saturated heterocycles. The Morgan fingerprint density at radius 1 is 1.30 bits per heavy atom. The van der Waals surface area contributed by atoms with E-state index in [9.17, 15) is 14.4 Å². The molecular formula is C13H13N3O4. The van der Waals surface area contributed by atoms with Gasteiger partial charge in [-0.15, -0.1) is 0 Å². The summed E-state index contributed by atoms with van der Waals surface area (Å²) in [5.41, 5.74) is 6.98. The quantitative estimate of drug-likeness (QED) is 0.804. The van der Waals surface area contributed by atoms with Crippen molar-refractivity contribution in [1.29, 1.82) is 0 Å². The minimum absolute atomic E-state index is 0.0643. The molecule has 0 atom stereocenters. The Hall–Kier alpha value is -2.57. The average molecular weight is 275 g/mol. The van der Waals surface area contributed by atoms with Gasteiger partial charge in [-0.05, 0) is 12.2 Å². The molecule has 104 valence electrons. The highest BCUT2D eigenvalue weighted by Gasteiger charge is 2.36. The SMILES string of the molecule is Cn1c(COC(N)=O)c(N2CC2)c2c1C(=O)C=CC2=O. The summed E-state index contributed by atoms with van der Waals surface area (Å²) in [4.78, 5) is 36.8. The van der Waals surface area contributed by atoms with Crippen LogP contribution in [-0.2, 0) is 18.4 Å². The van der Waals surface area contributed by atoms with E-state index in [1.54, 1.807) is 11.6 Å². The van der Waals surface area contributed by atoms with E-state index in [1.165, 1.54) is 12.2 Å². The maximum absolute atomic E-state index is 12.1. The van der Waals surface area contributed by atoms with Crippen LogP contribution >= 0.6 is 0 Å². The van der Waals surface area contributed by atoms with Crippen molar-refractivity contribution in [3.05, 3.63) is 29.1 Å². The number of primary amides is 1. The molecule has 0 bridgehead atoms. The highest BCUT2D eigenvalue weighted by atomic mass is 16.5. The number of ketones is 2. The number of carbonyl (C=O) groups is 3. The maximum atomic E-state index is 12.1. The molecule has 2 heterocycles. The van der Waals surface area contributed by atoms with Crippen LogP contribution in [0.1, 0.15) is 26.5 Å². The predicted molar refractivity (Wildman–Crippen MR) is 69.8 cm³/mol. The number of anilines is 1. The van der Waals surface area contributed by atoms with E-state index in [4.69, 9.17) is 10.5 Å². The fraction of sp³-hybridized carbons (Fsp3) is 0.308. The molecule has 2 N–H and O–H groups in total. The molecule has 0 spiro atoms. The summed E-state index contributed by atoms with van der Waals surface area (Å²) < 4.78 is 6.43. The summed E-state index contributed by atoms with van der Waals surface area (Å²) in [7, 11) is 1.68. The van der Waals surface area contributed by atoms with Gasteiger partial charge in [-0.1, -0.05) is 0 Å². The van der Waals surface area contributed by atoms with Crippen molar-refractivity contribution < 1.29 is 19.1 Å². The van der Waals surface area contributed by atoms with Gasteiger partial charge in [0.1, 0.15) is 12.3 Å². The molecular weight excluding hydrogens is 262 g/mol. The van der Waals surface area contributed by atoms with Crippen LogP contribution in [0.2, 0.25) is 0 Å². The number of carbonyl (C=O) groups excluding carboxylic acids is 3. The van der Waals surface area contributed by atoms with Crippen molar-refractivity contribution >= 4 is 23.3 Å². The molecule has 1 aromatic rings. The number of hydrogen-bond donors (Lipinski definition) is 1. The van der Waals surface area contributed by atoms with Gasteiger partial charge in [0.2, 0.25) is 5.78 Å². The van der Waals surface area contributed by atoms with Gasteiger partial charge in [-0.25, -0.2) is 4.79 Å². The monoisotopic (exact) mass is 275 g/mol. The van der Waals surface area contributed by atoms with Gasteiger partial charge >= 0.3 is 6.09 Å². The summed E-state index contributed by atoms with van der Waals surface area (Å²) in [5.74, 6) is -0.432. The molecule has 1 aliphatic heterocycles. The molecule has 0 aromatic carbocycles. The Bertz CT molecular complexity index is 668. The van der Waals surface area contributed by atoms with Gasteiger partial charge < -0.3 is 19.9 Å². The van der Waals surface area contributed by atoms with Gasteiger partial charge in [0, 0.05) is 20.1 Å². The lowest BCUT2D eigenvalue weighted by Gasteiger charge is -2.09. The molecule has 1 fully saturated rings. The Morgan fingerprint density at radius 2 is 1.95 bits per heavy atom. The lowest BCUT2D eigenvalue weighted by Crippen LogP contribution is -2.16. The lowest BCUT2D eigenvalue weighted by molar-refractivity contribution is 0.0989. The van der Waals surface area contributed by atoms with E-state index in [2.05, 4.69) is 0 Å². The second kappa shape index (κ2) is 4.22. The third-order valence-electron chi connectivity index (χ3n) is 3.47. The molecule has 7 heteroatoms. The summed E-state index contributed by atoms with van der Waals surface area (Å²) in [5, 5.41) is 0. The zero-order chi connectivity index (χ0) is 14.4. The number of amides is 1. The van der Waals surface area contributed by atoms with E-state index < -0.39 is 6.09 Å². The number of nitrogens with two attached hydrogens (primary N) is 1. The van der Waals surface area contributed by atoms with Gasteiger partial charge in [-0.3, -0.25) is 9.59 Å². The van der Waals surface area contributed by atoms with E-state index in [1.807, 2.05) is 4.90 Å². The molecule has 1 aliphatic carbocycles. The van der Waals surface area contributed by atoms with Crippen molar-refractivity contribution in [2.45, 2.75) is 6.61 Å². The third-order valence-corrected chi connectivity index (χ3v) is 3.47. The van der Waals surface area contributed by atoms with Crippen molar-refractivity contribution in [1.82, 2.24) is 4.57 Å². The smallest absolute Gasteiger partial charge is 0.404 e. The van der Waals surface area contributed by atoms with Gasteiger partial charge in [-0.2, -0.15) is 0 Å². The summed E-state index contributed by atoms with van der Waals surface area (Å²) >= 11 is 0. The summed E-state index contributed by atoms with van der Waals surface area (Å²) in [6, 6.07) is 0. The summed E-state index contributed by atoms with van der Waals surface area (Å²) in [6.45, 7) is 1.56. The largest absolute Gasteiger partial charge is 0.443 e. The Balaban J connectivity index is 2.15. The first-order chi connectivity index (χ1) is 9.50. The fourth-order valence-corrected chi connectivity index (χ4v) is 2.47. The number of ether oxygens (including phenoxy) is 1. The first-order valence-corrected chi connectivity index (χ1v) is 6.16. The van der Waals surface area contributed by atoms with Gasteiger partial charge in [0.25, 0.3) is 0 Å². The average Bonchev–Trinajstić information content (AvgIpc) is 3.17. The van der Waals surface area contributed by atoms with Crippen LogP contribution in [0.25, 0.3) is 0 Å². The van der Waals surface area contributed by atoms with E-state index in [-0.39, 0.29) is 18.2 Å². The fourth-order valence-electron chi connectivity index (χ4n) is 2.47. The Morgan fingerprint density at radius 3 is 2.55 bits per heavy atom. The molecule has 1 aromatic heterocycles. The van der Waals surface area contributed by atoms with Crippen LogP contribution in [0.3, 0.4) is 0 Å². The number of aromatic nitrogens is 1. The number of rotatable bonds is 3. The summed E-state index contributed by atoms with van der Waals surface area (Å²) in [6.07, 6.45) is 1.64. The molecule has 0 radical (unpaired) electrons. The molecule has 1 amide bonds. The number of fused-ring (bicyclic) bond motifs is 1. The van der Waals surface area contributed by atoms with Crippen LogP contribution in [-0.4, -0.2) is 35.3 Å². The van der Waals surface area contributed by atoms with Crippen LogP contribution in [0.15, 0.2) is 12.2 Å². The number of allylic oxidation sites excluding steroid dienone is 2. The second-order valence-corrected chi connectivity index (χ2v) is 4.73.